The number of pyridine rings is 1. The minimum atomic E-state index is 0.131. The van der Waals surface area contributed by atoms with Crippen LogP contribution in [0.15, 0.2) is 12.4 Å². The number of aromatic nitrogens is 1. The van der Waals surface area contributed by atoms with Crippen molar-refractivity contribution in [2.24, 2.45) is 0 Å². The molecule has 0 aromatic carbocycles. The summed E-state index contributed by atoms with van der Waals surface area (Å²) < 4.78 is 0. The summed E-state index contributed by atoms with van der Waals surface area (Å²) in [5.74, 6) is 0. The molecule has 0 atom stereocenters. The number of nitrogens with zero attached hydrogens (tertiary/aromatic N) is 1. The number of nitrogen functional groups attached to an aromatic ring is 1. The Morgan fingerprint density at radius 2 is 1.83 bits per heavy atom. The molecule has 0 saturated carbocycles. The van der Waals surface area contributed by atoms with E-state index in [1.807, 2.05) is 13.1 Å². The van der Waals surface area contributed by atoms with Crippen LogP contribution in [0, 0.1) is 6.92 Å². The van der Waals surface area contributed by atoms with Crippen LogP contribution in [-0.4, -0.2) is 4.98 Å². The number of hydrogen-bond acceptors (Lipinski definition) is 2. The number of anilines is 1. The maximum Gasteiger partial charge on any atom is 0.0533 e. The molecular formula is C10H16N2. The van der Waals surface area contributed by atoms with E-state index in [0.717, 1.165) is 11.3 Å². The summed E-state index contributed by atoms with van der Waals surface area (Å²) in [4.78, 5) is 4.09. The highest BCUT2D eigenvalue weighted by Crippen LogP contribution is 2.26. The molecule has 2 heteroatoms. The first-order chi connectivity index (χ1) is 5.43. The van der Waals surface area contributed by atoms with Crippen LogP contribution in [0.5, 0.6) is 0 Å². The van der Waals surface area contributed by atoms with Crippen LogP contribution in [0.2, 0.25) is 0 Å². The second kappa shape index (κ2) is 2.77. The van der Waals surface area contributed by atoms with Gasteiger partial charge in [-0.1, -0.05) is 20.8 Å². The van der Waals surface area contributed by atoms with Gasteiger partial charge in [-0.3, -0.25) is 4.98 Å². The molecule has 0 aliphatic heterocycles. The zero-order chi connectivity index (χ0) is 9.35. The van der Waals surface area contributed by atoms with E-state index in [0.29, 0.717) is 0 Å². The lowest BCUT2D eigenvalue weighted by atomic mass is 9.85. The Labute approximate surface area is 73.8 Å². The van der Waals surface area contributed by atoms with E-state index in [-0.39, 0.29) is 5.41 Å². The van der Waals surface area contributed by atoms with Gasteiger partial charge in [0.25, 0.3) is 0 Å². The second-order valence-corrected chi connectivity index (χ2v) is 4.15. The fourth-order valence-corrected chi connectivity index (χ4v) is 1.30. The van der Waals surface area contributed by atoms with Crippen LogP contribution in [0.25, 0.3) is 0 Å². The Bertz CT molecular complexity index is 284. The summed E-state index contributed by atoms with van der Waals surface area (Å²) in [6.45, 7) is 8.53. The van der Waals surface area contributed by atoms with E-state index in [4.69, 9.17) is 5.73 Å². The van der Waals surface area contributed by atoms with Gasteiger partial charge in [0.15, 0.2) is 0 Å². The summed E-state index contributed by atoms with van der Waals surface area (Å²) in [5.41, 5.74) is 9.04. The minimum Gasteiger partial charge on any atom is -0.397 e. The molecule has 0 radical (unpaired) electrons. The minimum absolute atomic E-state index is 0.131. The van der Waals surface area contributed by atoms with Crippen molar-refractivity contribution >= 4 is 5.69 Å². The highest BCUT2D eigenvalue weighted by atomic mass is 14.7. The fourth-order valence-electron chi connectivity index (χ4n) is 1.30. The predicted octanol–water partition coefficient (Wildman–Crippen LogP) is 2.27. The van der Waals surface area contributed by atoms with Crippen molar-refractivity contribution < 1.29 is 0 Å². The Balaban J connectivity index is 3.26. The van der Waals surface area contributed by atoms with Gasteiger partial charge in [-0.15, -0.1) is 0 Å². The van der Waals surface area contributed by atoms with Crippen LogP contribution in [0.1, 0.15) is 31.9 Å². The molecule has 1 heterocycles. The van der Waals surface area contributed by atoms with Crippen molar-refractivity contribution in [2.45, 2.75) is 33.1 Å². The van der Waals surface area contributed by atoms with E-state index < -0.39 is 0 Å². The van der Waals surface area contributed by atoms with E-state index in [2.05, 4.69) is 25.8 Å². The molecule has 1 aromatic heterocycles. The molecule has 12 heavy (non-hydrogen) atoms. The van der Waals surface area contributed by atoms with Gasteiger partial charge in [0.05, 0.1) is 11.9 Å². The number of hydrogen-bond donors (Lipinski definition) is 1. The lowest BCUT2D eigenvalue weighted by Gasteiger charge is -2.21. The van der Waals surface area contributed by atoms with Gasteiger partial charge in [-0.2, -0.15) is 0 Å². The molecule has 0 saturated heterocycles. The summed E-state index contributed by atoms with van der Waals surface area (Å²) in [7, 11) is 0. The maximum atomic E-state index is 5.75. The largest absolute Gasteiger partial charge is 0.397 e. The van der Waals surface area contributed by atoms with Crippen molar-refractivity contribution in [2.75, 3.05) is 5.73 Å². The van der Waals surface area contributed by atoms with Gasteiger partial charge < -0.3 is 5.73 Å². The zero-order valence-electron chi connectivity index (χ0n) is 8.18. The Morgan fingerprint density at radius 3 is 2.25 bits per heavy atom. The average Bonchev–Trinajstić information content (AvgIpc) is 1.92. The van der Waals surface area contributed by atoms with Crippen LogP contribution >= 0.6 is 0 Å². The Hall–Kier alpha value is -1.05. The van der Waals surface area contributed by atoms with Gasteiger partial charge in [0.1, 0.15) is 0 Å². The number of rotatable bonds is 0. The third-order valence-electron chi connectivity index (χ3n) is 2.06. The molecule has 2 nitrogen and oxygen atoms in total. The van der Waals surface area contributed by atoms with Gasteiger partial charge >= 0.3 is 0 Å². The highest BCUT2D eigenvalue weighted by molar-refractivity contribution is 5.49. The molecule has 0 aliphatic carbocycles. The van der Waals surface area contributed by atoms with Crippen molar-refractivity contribution in [3.63, 3.8) is 0 Å². The average molecular weight is 164 g/mol. The molecule has 0 spiro atoms. The summed E-state index contributed by atoms with van der Waals surface area (Å²) in [6, 6.07) is 0. The lowest BCUT2D eigenvalue weighted by Crippen LogP contribution is -2.14. The van der Waals surface area contributed by atoms with Crippen LogP contribution < -0.4 is 5.73 Å². The highest BCUT2D eigenvalue weighted by Gasteiger charge is 2.17. The molecule has 0 fully saturated rings. The Morgan fingerprint density at radius 1 is 1.25 bits per heavy atom. The SMILES string of the molecule is Cc1c(N)cncc1C(C)(C)C. The molecular weight excluding hydrogens is 148 g/mol. The number of nitrogens with two attached hydrogens (primary N) is 1. The first-order valence-corrected chi connectivity index (χ1v) is 4.13. The molecule has 0 aliphatic rings. The van der Waals surface area contributed by atoms with E-state index in [1.165, 1.54) is 5.56 Å². The smallest absolute Gasteiger partial charge is 0.0533 e. The maximum absolute atomic E-state index is 5.75. The van der Waals surface area contributed by atoms with Gasteiger partial charge in [0, 0.05) is 6.20 Å². The molecule has 66 valence electrons. The summed E-state index contributed by atoms with van der Waals surface area (Å²) in [5, 5.41) is 0. The third kappa shape index (κ3) is 1.58. The van der Waals surface area contributed by atoms with Crippen LogP contribution in [0.3, 0.4) is 0 Å². The van der Waals surface area contributed by atoms with E-state index in [9.17, 15) is 0 Å². The monoisotopic (exact) mass is 164 g/mol. The quantitative estimate of drug-likeness (QED) is 0.638. The first-order valence-electron chi connectivity index (χ1n) is 4.13. The normalized spacial score (nSPS) is 11.7. The van der Waals surface area contributed by atoms with Crippen molar-refractivity contribution in [1.29, 1.82) is 0 Å². The van der Waals surface area contributed by atoms with Crippen molar-refractivity contribution in [3.8, 4) is 0 Å². The second-order valence-electron chi connectivity index (χ2n) is 4.15. The van der Waals surface area contributed by atoms with Gasteiger partial charge in [-0.25, -0.2) is 0 Å². The van der Waals surface area contributed by atoms with E-state index >= 15 is 0 Å². The third-order valence-corrected chi connectivity index (χ3v) is 2.06. The molecule has 0 amide bonds. The lowest BCUT2D eigenvalue weighted by molar-refractivity contribution is 0.583. The topological polar surface area (TPSA) is 38.9 Å². The van der Waals surface area contributed by atoms with Crippen molar-refractivity contribution in [3.05, 3.63) is 23.5 Å². The fraction of sp³-hybridized carbons (Fsp3) is 0.500. The van der Waals surface area contributed by atoms with Crippen LogP contribution in [0.4, 0.5) is 5.69 Å². The molecule has 1 aromatic rings. The molecule has 0 unspecified atom stereocenters. The van der Waals surface area contributed by atoms with E-state index in [1.54, 1.807) is 6.20 Å². The van der Waals surface area contributed by atoms with Gasteiger partial charge in [-0.05, 0) is 23.5 Å². The first kappa shape index (κ1) is 9.04. The predicted molar refractivity (Wildman–Crippen MR) is 52.1 cm³/mol. The molecule has 2 N–H and O–H groups in total. The van der Waals surface area contributed by atoms with Crippen molar-refractivity contribution in [1.82, 2.24) is 4.98 Å². The standard InChI is InChI=1S/C10H16N2/c1-7-8(10(2,3)4)5-12-6-9(7)11/h5-6H,11H2,1-4H3. The molecule has 0 bridgehead atoms. The van der Waals surface area contributed by atoms with Gasteiger partial charge in [0.2, 0.25) is 0 Å². The molecule has 1 rings (SSSR count). The zero-order valence-corrected chi connectivity index (χ0v) is 8.18. The summed E-state index contributed by atoms with van der Waals surface area (Å²) >= 11 is 0. The van der Waals surface area contributed by atoms with Crippen LogP contribution in [-0.2, 0) is 5.41 Å². The Kier molecular flexibility index (Phi) is 2.09. The summed E-state index contributed by atoms with van der Waals surface area (Å²) in [6.07, 6.45) is 3.59.